The molecule has 0 aliphatic heterocycles. The summed E-state index contributed by atoms with van der Waals surface area (Å²) in [7, 11) is 0. The monoisotopic (exact) mass is 139 g/mol. The van der Waals surface area contributed by atoms with Crippen molar-refractivity contribution < 1.29 is 0 Å². The molecule has 3 nitrogen and oxygen atoms in total. The lowest BCUT2D eigenvalue weighted by Gasteiger charge is -2.00. The Labute approximate surface area is 61.1 Å². The van der Waals surface area contributed by atoms with Gasteiger partial charge in [0.1, 0.15) is 0 Å². The lowest BCUT2D eigenvalue weighted by atomic mass is 10.6. The van der Waals surface area contributed by atoms with E-state index in [0.717, 1.165) is 19.6 Å². The molecule has 0 unspecified atom stereocenters. The number of nitrogens with zero attached hydrogens (tertiary/aromatic N) is 2. The van der Waals surface area contributed by atoms with E-state index in [0.29, 0.717) is 0 Å². The van der Waals surface area contributed by atoms with Crippen molar-refractivity contribution in [1.82, 2.24) is 14.9 Å². The molecule has 1 heterocycles. The maximum absolute atomic E-state index is 3.94. The summed E-state index contributed by atoms with van der Waals surface area (Å²) in [5.41, 5.74) is 0. The minimum atomic E-state index is 1.01. The van der Waals surface area contributed by atoms with E-state index < -0.39 is 0 Å². The summed E-state index contributed by atoms with van der Waals surface area (Å²) in [5, 5.41) is 3.24. The highest BCUT2D eigenvalue weighted by atomic mass is 15.0. The third-order valence-corrected chi connectivity index (χ3v) is 1.36. The van der Waals surface area contributed by atoms with Gasteiger partial charge in [0.25, 0.3) is 0 Å². The number of hydrogen-bond donors (Lipinski definition) is 1. The van der Waals surface area contributed by atoms with Crippen molar-refractivity contribution in [3.05, 3.63) is 18.7 Å². The Morgan fingerprint density at radius 3 is 3.10 bits per heavy atom. The van der Waals surface area contributed by atoms with Gasteiger partial charge >= 0.3 is 0 Å². The van der Waals surface area contributed by atoms with Crippen LogP contribution in [-0.4, -0.2) is 22.6 Å². The summed E-state index contributed by atoms with van der Waals surface area (Å²) in [6.45, 7) is 5.17. The summed E-state index contributed by atoms with van der Waals surface area (Å²) in [5.74, 6) is 0. The first-order valence-corrected chi connectivity index (χ1v) is 3.60. The fourth-order valence-electron chi connectivity index (χ4n) is 0.804. The van der Waals surface area contributed by atoms with E-state index in [2.05, 4.69) is 21.8 Å². The van der Waals surface area contributed by atoms with Crippen LogP contribution in [0.5, 0.6) is 0 Å². The van der Waals surface area contributed by atoms with Gasteiger partial charge in [-0.25, -0.2) is 4.98 Å². The van der Waals surface area contributed by atoms with Crippen molar-refractivity contribution in [3.63, 3.8) is 0 Å². The highest BCUT2D eigenvalue weighted by molar-refractivity contribution is 4.73. The molecule has 0 amide bonds. The maximum Gasteiger partial charge on any atom is 0.0946 e. The molecule has 0 fully saturated rings. The van der Waals surface area contributed by atoms with Gasteiger partial charge in [0, 0.05) is 25.5 Å². The zero-order valence-corrected chi connectivity index (χ0v) is 6.25. The molecule has 0 saturated heterocycles. The second-order valence-corrected chi connectivity index (χ2v) is 2.15. The molecule has 1 N–H and O–H groups in total. The van der Waals surface area contributed by atoms with Crippen LogP contribution >= 0.6 is 0 Å². The van der Waals surface area contributed by atoms with E-state index in [-0.39, 0.29) is 0 Å². The molecule has 0 aromatic carbocycles. The van der Waals surface area contributed by atoms with Crippen LogP contribution in [0, 0.1) is 0 Å². The maximum atomic E-state index is 3.94. The van der Waals surface area contributed by atoms with Crippen LogP contribution in [0.1, 0.15) is 6.92 Å². The van der Waals surface area contributed by atoms with Gasteiger partial charge in [0.15, 0.2) is 0 Å². The van der Waals surface area contributed by atoms with Gasteiger partial charge in [0.2, 0.25) is 0 Å². The number of imidazole rings is 1. The van der Waals surface area contributed by atoms with Crippen LogP contribution < -0.4 is 5.32 Å². The van der Waals surface area contributed by atoms with Gasteiger partial charge < -0.3 is 9.88 Å². The van der Waals surface area contributed by atoms with Crippen molar-refractivity contribution in [2.45, 2.75) is 13.5 Å². The predicted molar refractivity (Wildman–Crippen MR) is 40.8 cm³/mol. The summed E-state index contributed by atoms with van der Waals surface area (Å²) in [6, 6.07) is 0. The Bertz CT molecular complexity index is 157. The lowest BCUT2D eigenvalue weighted by Crippen LogP contribution is -2.18. The molecule has 0 bridgehead atoms. The molecule has 0 atom stereocenters. The third-order valence-electron chi connectivity index (χ3n) is 1.36. The average molecular weight is 139 g/mol. The van der Waals surface area contributed by atoms with Crippen LogP contribution in [0.25, 0.3) is 0 Å². The zero-order chi connectivity index (χ0) is 7.23. The molecule has 1 rings (SSSR count). The van der Waals surface area contributed by atoms with Crippen LogP contribution in [0.15, 0.2) is 18.7 Å². The fraction of sp³-hybridized carbons (Fsp3) is 0.571. The summed E-state index contributed by atoms with van der Waals surface area (Å²) in [6.07, 6.45) is 5.60. The largest absolute Gasteiger partial charge is 0.336 e. The Morgan fingerprint density at radius 1 is 1.60 bits per heavy atom. The topological polar surface area (TPSA) is 29.9 Å². The van der Waals surface area contributed by atoms with Gasteiger partial charge in [-0.2, -0.15) is 0 Å². The molecule has 3 heteroatoms. The lowest BCUT2D eigenvalue weighted by molar-refractivity contribution is 0.613. The minimum absolute atomic E-state index is 1.01. The van der Waals surface area contributed by atoms with Gasteiger partial charge in [-0.05, 0) is 6.54 Å². The van der Waals surface area contributed by atoms with Gasteiger partial charge in [-0.3, -0.25) is 0 Å². The first-order valence-electron chi connectivity index (χ1n) is 3.60. The second-order valence-electron chi connectivity index (χ2n) is 2.15. The molecule has 0 spiro atoms. The second kappa shape index (κ2) is 4.06. The van der Waals surface area contributed by atoms with Crippen molar-refractivity contribution in [1.29, 1.82) is 0 Å². The number of nitrogens with one attached hydrogen (secondary N) is 1. The number of aromatic nitrogens is 2. The molecule has 0 aliphatic carbocycles. The van der Waals surface area contributed by atoms with Crippen LogP contribution in [0.2, 0.25) is 0 Å². The minimum Gasteiger partial charge on any atom is -0.336 e. The van der Waals surface area contributed by atoms with Gasteiger partial charge in [-0.1, -0.05) is 6.92 Å². The molecule has 0 radical (unpaired) electrons. The average Bonchev–Trinajstić information content (AvgIpc) is 2.41. The van der Waals surface area contributed by atoms with Gasteiger partial charge in [-0.15, -0.1) is 0 Å². The highest BCUT2D eigenvalue weighted by Gasteiger charge is 1.86. The summed E-state index contributed by atoms with van der Waals surface area (Å²) < 4.78 is 2.06. The van der Waals surface area contributed by atoms with Crippen molar-refractivity contribution >= 4 is 0 Å². The quantitative estimate of drug-likeness (QED) is 0.615. The molecule has 56 valence electrons. The Hall–Kier alpha value is -0.830. The van der Waals surface area contributed by atoms with Crippen molar-refractivity contribution in [2.75, 3.05) is 13.1 Å². The molecule has 1 aromatic rings. The van der Waals surface area contributed by atoms with Crippen molar-refractivity contribution in [2.24, 2.45) is 0 Å². The van der Waals surface area contributed by atoms with Gasteiger partial charge in [0.05, 0.1) is 6.33 Å². The number of rotatable bonds is 4. The van der Waals surface area contributed by atoms with E-state index in [1.807, 2.05) is 12.5 Å². The van der Waals surface area contributed by atoms with E-state index in [1.165, 1.54) is 0 Å². The molecule has 0 saturated carbocycles. The number of hydrogen-bond acceptors (Lipinski definition) is 2. The third kappa shape index (κ3) is 2.19. The molecular formula is C7H13N3. The predicted octanol–water partition coefficient (Wildman–Crippen LogP) is 0.493. The molecule has 1 aromatic heterocycles. The fourth-order valence-corrected chi connectivity index (χ4v) is 0.804. The van der Waals surface area contributed by atoms with Crippen LogP contribution in [-0.2, 0) is 6.54 Å². The first kappa shape index (κ1) is 7.28. The van der Waals surface area contributed by atoms with Crippen molar-refractivity contribution in [3.8, 4) is 0 Å². The Balaban J connectivity index is 2.15. The van der Waals surface area contributed by atoms with E-state index in [9.17, 15) is 0 Å². The Kier molecular flexibility index (Phi) is 2.96. The molecule has 10 heavy (non-hydrogen) atoms. The van der Waals surface area contributed by atoms with E-state index >= 15 is 0 Å². The Morgan fingerprint density at radius 2 is 2.50 bits per heavy atom. The number of likely N-dealkylation sites (N-methyl/N-ethyl adjacent to an activating group) is 1. The first-order chi connectivity index (χ1) is 4.93. The summed E-state index contributed by atoms with van der Waals surface area (Å²) in [4.78, 5) is 3.94. The van der Waals surface area contributed by atoms with E-state index in [4.69, 9.17) is 0 Å². The standard InChI is InChI=1S/C7H13N3/c1-2-8-3-5-10-6-4-9-7-10/h4,6-8H,2-3,5H2,1H3. The zero-order valence-electron chi connectivity index (χ0n) is 6.25. The van der Waals surface area contributed by atoms with Crippen LogP contribution in [0.4, 0.5) is 0 Å². The highest BCUT2D eigenvalue weighted by Crippen LogP contribution is 1.82. The smallest absolute Gasteiger partial charge is 0.0946 e. The normalized spacial score (nSPS) is 10.1. The molecular weight excluding hydrogens is 126 g/mol. The SMILES string of the molecule is CCNCCn1ccnc1. The summed E-state index contributed by atoms with van der Waals surface area (Å²) >= 11 is 0. The van der Waals surface area contributed by atoms with E-state index in [1.54, 1.807) is 6.20 Å². The van der Waals surface area contributed by atoms with Crippen LogP contribution in [0.3, 0.4) is 0 Å². The molecule has 0 aliphatic rings.